The molecule has 30 heavy (non-hydrogen) atoms. The van der Waals surface area contributed by atoms with E-state index in [4.69, 9.17) is 9.47 Å². The highest BCUT2D eigenvalue weighted by atomic mass is 16.5. The zero-order valence-corrected chi connectivity index (χ0v) is 16.7. The van der Waals surface area contributed by atoms with Gasteiger partial charge in [0.2, 0.25) is 5.91 Å². The third kappa shape index (κ3) is 3.86. The van der Waals surface area contributed by atoms with Crippen molar-refractivity contribution >= 4 is 16.8 Å². The lowest BCUT2D eigenvalue weighted by atomic mass is 10.2. The number of benzene rings is 2. The van der Waals surface area contributed by atoms with Gasteiger partial charge in [-0.3, -0.25) is 14.2 Å². The Hall–Kier alpha value is -3.39. The second-order valence-corrected chi connectivity index (χ2v) is 7.16. The number of hydrogen-bond donors (Lipinski definition) is 1. The van der Waals surface area contributed by atoms with Crippen molar-refractivity contribution in [2.24, 2.45) is 0 Å². The summed E-state index contributed by atoms with van der Waals surface area (Å²) in [4.78, 5) is 38.8. The Kier molecular flexibility index (Phi) is 5.67. The van der Waals surface area contributed by atoms with Gasteiger partial charge in [0.05, 0.1) is 29.8 Å². The Morgan fingerprint density at radius 2 is 1.93 bits per heavy atom. The first-order valence-corrected chi connectivity index (χ1v) is 9.86. The van der Waals surface area contributed by atoms with Crippen LogP contribution < -0.4 is 21.3 Å². The monoisotopic (exact) mass is 409 g/mol. The number of rotatable bonds is 6. The molecule has 0 bridgehead atoms. The average Bonchev–Trinajstić information content (AvgIpc) is 3.29. The molecule has 0 saturated carbocycles. The number of nitrogens with one attached hydrogen (secondary N) is 1. The summed E-state index contributed by atoms with van der Waals surface area (Å²) in [6.07, 6.45) is 1.90. The van der Waals surface area contributed by atoms with Gasteiger partial charge in [-0.1, -0.05) is 12.1 Å². The second-order valence-electron chi connectivity index (χ2n) is 7.16. The van der Waals surface area contributed by atoms with Crippen LogP contribution in [0.2, 0.25) is 0 Å². The SMILES string of the molecule is COc1ccc(-n2c(=O)c3ccccc3n(CC(=O)NC[C@@H]3CCCO3)c2=O)cc1. The number of para-hydroxylation sites is 1. The third-order valence-electron chi connectivity index (χ3n) is 5.23. The normalized spacial score (nSPS) is 16.0. The van der Waals surface area contributed by atoms with E-state index in [1.807, 2.05) is 0 Å². The van der Waals surface area contributed by atoms with Crippen LogP contribution in [0.5, 0.6) is 5.75 Å². The lowest BCUT2D eigenvalue weighted by Gasteiger charge is -2.15. The van der Waals surface area contributed by atoms with Crippen molar-refractivity contribution in [1.29, 1.82) is 0 Å². The summed E-state index contributed by atoms with van der Waals surface area (Å²) in [5.74, 6) is 0.305. The highest BCUT2D eigenvalue weighted by molar-refractivity contribution is 5.81. The minimum atomic E-state index is -0.573. The Morgan fingerprint density at radius 3 is 2.63 bits per heavy atom. The van der Waals surface area contributed by atoms with E-state index in [0.29, 0.717) is 35.5 Å². The first kappa shape index (κ1) is 19.9. The Labute approximate surface area is 172 Å². The van der Waals surface area contributed by atoms with E-state index in [0.717, 1.165) is 17.4 Å². The summed E-state index contributed by atoms with van der Waals surface area (Å²) in [7, 11) is 1.54. The molecule has 1 saturated heterocycles. The fraction of sp³-hybridized carbons (Fsp3) is 0.318. The van der Waals surface area contributed by atoms with E-state index in [9.17, 15) is 14.4 Å². The molecular weight excluding hydrogens is 386 g/mol. The maximum absolute atomic E-state index is 13.2. The van der Waals surface area contributed by atoms with Crippen LogP contribution in [0.1, 0.15) is 12.8 Å². The first-order valence-electron chi connectivity index (χ1n) is 9.86. The quantitative estimate of drug-likeness (QED) is 0.666. The maximum atomic E-state index is 13.2. The van der Waals surface area contributed by atoms with E-state index in [1.165, 1.54) is 4.57 Å². The number of carbonyl (C=O) groups excluding carboxylic acids is 1. The predicted molar refractivity (Wildman–Crippen MR) is 112 cm³/mol. The molecule has 1 fully saturated rings. The molecule has 8 heteroatoms. The number of nitrogens with zero attached hydrogens (tertiary/aromatic N) is 2. The minimum absolute atomic E-state index is 0.00988. The molecule has 0 radical (unpaired) electrons. The number of aromatic nitrogens is 2. The van der Waals surface area contributed by atoms with Crippen molar-refractivity contribution in [2.45, 2.75) is 25.5 Å². The summed E-state index contributed by atoms with van der Waals surface area (Å²) < 4.78 is 13.1. The molecule has 1 N–H and O–H groups in total. The summed E-state index contributed by atoms with van der Waals surface area (Å²) >= 11 is 0. The molecule has 1 atom stereocenters. The second kappa shape index (κ2) is 8.54. The maximum Gasteiger partial charge on any atom is 0.336 e. The van der Waals surface area contributed by atoms with Crippen LogP contribution >= 0.6 is 0 Å². The van der Waals surface area contributed by atoms with Crippen LogP contribution in [0.4, 0.5) is 0 Å². The first-order chi connectivity index (χ1) is 14.6. The Morgan fingerprint density at radius 1 is 1.17 bits per heavy atom. The number of carbonyl (C=O) groups is 1. The van der Waals surface area contributed by atoms with Crippen molar-refractivity contribution in [1.82, 2.24) is 14.5 Å². The molecule has 2 aromatic carbocycles. The molecule has 3 aromatic rings. The van der Waals surface area contributed by atoms with Crippen LogP contribution in [0, 0.1) is 0 Å². The van der Waals surface area contributed by atoms with Crippen LogP contribution in [-0.2, 0) is 16.1 Å². The lowest BCUT2D eigenvalue weighted by Crippen LogP contribution is -2.42. The number of amides is 1. The van der Waals surface area contributed by atoms with E-state index in [1.54, 1.807) is 55.6 Å². The molecule has 8 nitrogen and oxygen atoms in total. The van der Waals surface area contributed by atoms with Gasteiger partial charge in [-0.15, -0.1) is 0 Å². The highest BCUT2D eigenvalue weighted by Gasteiger charge is 2.19. The molecule has 1 aliphatic heterocycles. The molecule has 0 aliphatic carbocycles. The molecule has 1 amide bonds. The fourth-order valence-electron chi connectivity index (χ4n) is 3.67. The number of methoxy groups -OCH3 is 1. The van der Waals surface area contributed by atoms with Gasteiger partial charge in [-0.25, -0.2) is 9.36 Å². The molecular formula is C22H23N3O5. The van der Waals surface area contributed by atoms with Gasteiger partial charge < -0.3 is 14.8 Å². The molecule has 0 spiro atoms. The smallest absolute Gasteiger partial charge is 0.336 e. The van der Waals surface area contributed by atoms with Crippen LogP contribution in [-0.4, -0.2) is 41.4 Å². The zero-order chi connectivity index (χ0) is 21.1. The lowest BCUT2D eigenvalue weighted by molar-refractivity contribution is -0.122. The van der Waals surface area contributed by atoms with E-state index < -0.39 is 11.2 Å². The number of ether oxygens (including phenoxy) is 2. The summed E-state index contributed by atoms with van der Waals surface area (Å²) in [6.45, 7) is 0.920. The molecule has 4 rings (SSSR count). The Bertz CT molecular complexity index is 1170. The summed E-state index contributed by atoms with van der Waals surface area (Å²) in [5.41, 5.74) is -0.178. The molecule has 1 aromatic heterocycles. The standard InChI is InChI=1S/C22H23N3O5/c1-29-16-10-8-15(9-11-16)25-21(27)18-6-2-3-7-19(18)24(22(25)28)14-20(26)23-13-17-5-4-12-30-17/h2-3,6-11,17H,4-5,12-14H2,1H3,(H,23,26)/t17-/m0/s1. The van der Waals surface area contributed by atoms with Crippen LogP contribution in [0.15, 0.2) is 58.1 Å². The van der Waals surface area contributed by atoms with Crippen molar-refractivity contribution in [3.05, 3.63) is 69.4 Å². The van der Waals surface area contributed by atoms with Crippen LogP contribution in [0.25, 0.3) is 16.6 Å². The number of fused-ring (bicyclic) bond motifs is 1. The van der Waals surface area contributed by atoms with Gasteiger partial charge in [-0.2, -0.15) is 0 Å². The summed E-state index contributed by atoms with van der Waals surface area (Å²) in [6, 6.07) is 13.4. The number of hydrogen-bond acceptors (Lipinski definition) is 5. The van der Waals surface area contributed by atoms with Gasteiger partial charge in [0.25, 0.3) is 5.56 Å². The van der Waals surface area contributed by atoms with Crippen LogP contribution in [0.3, 0.4) is 0 Å². The molecule has 1 aliphatic rings. The van der Waals surface area contributed by atoms with E-state index >= 15 is 0 Å². The minimum Gasteiger partial charge on any atom is -0.497 e. The molecule has 156 valence electrons. The van der Waals surface area contributed by atoms with Gasteiger partial charge in [0, 0.05) is 13.2 Å². The Balaban J connectivity index is 1.73. The average molecular weight is 409 g/mol. The van der Waals surface area contributed by atoms with Crippen molar-refractivity contribution in [2.75, 3.05) is 20.3 Å². The topological polar surface area (TPSA) is 91.6 Å². The van der Waals surface area contributed by atoms with Crippen molar-refractivity contribution < 1.29 is 14.3 Å². The predicted octanol–water partition coefficient (Wildman–Crippen LogP) is 1.46. The van der Waals surface area contributed by atoms with Gasteiger partial charge in [0.15, 0.2) is 0 Å². The van der Waals surface area contributed by atoms with Crippen molar-refractivity contribution in [3.8, 4) is 11.4 Å². The van der Waals surface area contributed by atoms with Crippen molar-refractivity contribution in [3.63, 3.8) is 0 Å². The fourth-order valence-corrected chi connectivity index (χ4v) is 3.67. The molecule has 2 heterocycles. The zero-order valence-electron chi connectivity index (χ0n) is 16.7. The van der Waals surface area contributed by atoms with Gasteiger partial charge >= 0.3 is 5.69 Å². The highest BCUT2D eigenvalue weighted by Crippen LogP contribution is 2.15. The molecule has 0 unspecified atom stereocenters. The summed E-state index contributed by atoms with van der Waals surface area (Å²) in [5, 5.41) is 3.19. The third-order valence-corrected chi connectivity index (χ3v) is 5.23. The van der Waals surface area contributed by atoms with E-state index in [2.05, 4.69) is 5.32 Å². The van der Waals surface area contributed by atoms with Gasteiger partial charge in [-0.05, 0) is 49.2 Å². The van der Waals surface area contributed by atoms with Gasteiger partial charge in [0.1, 0.15) is 12.3 Å². The largest absolute Gasteiger partial charge is 0.497 e. The van der Waals surface area contributed by atoms with E-state index in [-0.39, 0.29) is 18.6 Å².